The van der Waals surface area contributed by atoms with E-state index in [1.807, 2.05) is 19.9 Å². The summed E-state index contributed by atoms with van der Waals surface area (Å²) in [7, 11) is -2.95. The fourth-order valence-corrected chi connectivity index (χ4v) is 4.14. The Kier molecular flexibility index (Phi) is 5.33. The molecule has 1 aromatic rings. The number of hydrogen-bond donors (Lipinski definition) is 2. The Morgan fingerprint density at radius 3 is 2.59 bits per heavy atom. The van der Waals surface area contributed by atoms with Gasteiger partial charge in [-0.25, -0.2) is 18.4 Å². The fourth-order valence-electron chi connectivity index (χ4n) is 2.46. The van der Waals surface area contributed by atoms with Gasteiger partial charge in [-0.3, -0.25) is 4.79 Å². The van der Waals surface area contributed by atoms with Crippen LogP contribution in [0.4, 0.5) is 5.95 Å². The third-order valence-electron chi connectivity index (χ3n) is 3.44. The van der Waals surface area contributed by atoms with E-state index in [2.05, 4.69) is 20.6 Å². The molecule has 0 bridgehead atoms. The van der Waals surface area contributed by atoms with Gasteiger partial charge in [-0.1, -0.05) is 0 Å². The second-order valence-corrected chi connectivity index (χ2v) is 7.90. The second-order valence-electron chi connectivity index (χ2n) is 5.67. The predicted molar refractivity (Wildman–Crippen MR) is 84.4 cm³/mol. The first-order valence-electron chi connectivity index (χ1n) is 7.40. The Morgan fingerprint density at radius 2 is 2.00 bits per heavy atom. The number of hydrogen-bond acceptors (Lipinski definition) is 6. The van der Waals surface area contributed by atoms with Gasteiger partial charge in [0.05, 0.1) is 11.5 Å². The normalized spacial score (nSPS) is 19.8. The number of rotatable bonds is 6. The van der Waals surface area contributed by atoms with Gasteiger partial charge in [0.1, 0.15) is 0 Å². The zero-order valence-electron chi connectivity index (χ0n) is 12.9. The summed E-state index contributed by atoms with van der Waals surface area (Å²) >= 11 is 0. The van der Waals surface area contributed by atoms with Crippen LogP contribution in [-0.2, 0) is 14.6 Å². The lowest BCUT2D eigenvalue weighted by Gasteiger charge is -2.11. The van der Waals surface area contributed by atoms with Gasteiger partial charge in [-0.05, 0) is 32.8 Å². The molecule has 1 fully saturated rings. The van der Waals surface area contributed by atoms with Crippen molar-refractivity contribution >= 4 is 21.7 Å². The van der Waals surface area contributed by atoms with E-state index in [9.17, 15) is 13.2 Å². The minimum absolute atomic E-state index is 0.0629. The van der Waals surface area contributed by atoms with Crippen molar-refractivity contribution in [3.05, 3.63) is 17.5 Å². The van der Waals surface area contributed by atoms with Crippen molar-refractivity contribution in [2.45, 2.75) is 39.2 Å². The van der Waals surface area contributed by atoms with Crippen molar-refractivity contribution < 1.29 is 13.2 Å². The summed E-state index contributed by atoms with van der Waals surface area (Å²) in [5, 5.41) is 5.86. The molecule has 0 spiro atoms. The third kappa shape index (κ3) is 5.25. The molecule has 2 heterocycles. The third-order valence-corrected chi connectivity index (χ3v) is 5.21. The lowest BCUT2D eigenvalue weighted by Crippen LogP contribution is -2.35. The van der Waals surface area contributed by atoms with Crippen molar-refractivity contribution in [2.24, 2.45) is 0 Å². The number of aryl methyl sites for hydroxylation is 2. The molecule has 1 amide bonds. The fraction of sp³-hybridized carbons (Fsp3) is 0.643. The van der Waals surface area contributed by atoms with E-state index in [1.54, 1.807) is 0 Å². The number of aromatic nitrogens is 2. The Hall–Kier alpha value is -1.70. The van der Waals surface area contributed by atoms with Crippen molar-refractivity contribution in [1.29, 1.82) is 0 Å². The maximum Gasteiger partial charge on any atom is 0.223 e. The molecular formula is C14H22N4O3S. The summed E-state index contributed by atoms with van der Waals surface area (Å²) < 4.78 is 22.6. The molecule has 122 valence electrons. The minimum atomic E-state index is -2.95. The van der Waals surface area contributed by atoms with E-state index >= 15 is 0 Å². The summed E-state index contributed by atoms with van der Waals surface area (Å²) in [6.45, 7) is 4.41. The van der Waals surface area contributed by atoms with Crippen molar-refractivity contribution in [3.63, 3.8) is 0 Å². The first kappa shape index (κ1) is 16.7. The minimum Gasteiger partial charge on any atom is -0.354 e. The van der Waals surface area contributed by atoms with Gasteiger partial charge in [0, 0.05) is 30.4 Å². The zero-order valence-corrected chi connectivity index (χ0v) is 13.7. The molecule has 1 aromatic heterocycles. The van der Waals surface area contributed by atoms with Crippen LogP contribution in [-0.4, -0.2) is 48.4 Å². The summed E-state index contributed by atoms with van der Waals surface area (Å²) in [5.41, 5.74) is 1.80. The molecule has 7 nitrogen and oxygen atoms in total. The van der Waals surface area contributed by atoms with E-state index in [-0.39, 0.29) is 23.5 Å². The predicted octanol–water partition coefficient (Wildman–Crippen LogP) is 0.589. The van der Waals surface area contributed by atoms with Gasteiger partial charge in [0.2, 0.25) is 11.9 Å². The molecule has 2 rings (SSSR count). The second kappa shape index (κ2) is 7.04. The van der Waals surface area contributed by atoms with Crippen LogP contribution >= 0.6 is 0 Å². The van der Waals surface area contributed by atoms with Crippen LogP contribution in [0.25, 0.3) is 0 Å². The number of carbonyl (C=O) groups excluding carboxylic acids is 1. The molecule has 8 heteroatoms. The van der Waals surface area contributed by atoms with E-state index in [1.165, 1.54) is 0 Å². The van der Waals surface area contributed by atoms with Gasteiger partial charge in [0.25, 0.3) is 0 Å². The summed E-state index contributed by atoms with van der Waals surface area (Å²) in [5.74, 6) is 0.696. The van der Waals surface area contributed by atoms with Crippen LogP contribution in [0.15, 0.2) is 6.07 Å². The van der Waals surface area contributed by atoms with Gasteiger partial charge in [-0.2, -0.15) is 0 Å². The highest BCUT2D eigenvalue weighted by Gasteiger charge is 2.28. The molecule has 2 N–H and O–H groups in total. The highest BCUT2D eigenvalue weighted by molar-refractivity contribution is 7.91. The highest BCUT2D eigenvalue weighted by atomic mass is 32.2. The van der Waals surface area contributed by atoms with Crippen LogP contribution in [0.5, 0.6) is 0 Å². The van der Waals surface area contributed by atoms with Crippen LogP contribution in [0.1, 0.15) is 30.7 Å². The molecule has 1 atom stereocenters. The lowest BCUT2D eigenvalue weighted by atomic mass is 10.2. The number of carbonyl (C=O) groups is 1. The molecule has 1 aliphatic heterocycles. The van der Waals surface area contributed by atoms with Gasteiger partial charge in [-0.15, -0.1) is 0 Å². The molecule has 0 saturated carbocycles. The largest absolute Gasteiger partial charge is 0.354 e. The number of nitrogens with zero attached hydrogens (tertiary/aromatic N) is 2. The first-order chi connectivity index (χ1) is 10.3. The highest BCUT2D eigenvalue weighted by Crippen LogP contribution is 2.11. The molecule has 0 aliphatic carbocycles. The molecule has 0 radical (unpaired) electrons. The average Bonchev–Trinajstić information content (AvgIpc) is 2.73. The van der Waals surface area contributed by atoms with Crippen molar-refractivity contribution in [3.8, 4) is 0 Å². The molecule has 1 aliphatic rings. The molecule has 0 aromatic carbocycles. The first-order valence-corrected chi connectivity index (χ1v) is 9.22. The maximum absolute atomic E-state index is 11.8. The quantitative estimate of drug-likeness (QED) is 0.742. The number of nitrogens with one attached hydrogen (secondary N) is 2. The van der Waals surface area contributed by atoms with Crippen LogP contribution in [0.3, 0.4) is 0 Å². The van der Waals surface area contributed by atoms with Crippen LogP contribution in [0, 0.1) is 13.8 Å². The SMILES string of the molecule is Cc1cc(C)nc(NCCCC(=O)NC2CCS(=O)(=O)C2)n1. The topological polar surface area (TPSA) is 101 Å². The number of anilines is 1. The van der Waals surface area contributed by atoms with Crippen LogP contribution in [0.2, 0.25) is 0 Å². The Labute approximate surface area is 130 Å². The van der Waals surface area contributed by atoms with E-state index < -0.39 is 9.84 Å². The van der Waals surface area contributed by atoms with Crippen molar-refractivity contribution in [1.82, 2.24) is 15.3 Å². The number of amides is 1. The molecular weight excluding hydrogens is 304 g/mol. The summed E-state index contributed by atoms with van der Waals surface area (Å²) in [4.78, 5) is 20.3. The zero-order chi connectivity index (χ0) is 16.2. The number of sulfone groups is 1. The summed E-state index contributed by atoms with van der Waals surface area (Å²) in [6.07, 6.45) is 1.51. The van der Waals surface area contributed by atoms with Gasteiger partial charge in [0.15, 0.2) is 9.84 Å². The van der Waals surface area contributed by atoms with Crippen molar-refractivity contribution in [2.75, 3.05) is 23.4 Å². The molecule has 22 heavy (non-hydrogen) atoms. The van der Waals surface area contributed by atoms with E-state index in [0.717, 1.165) is 11.4 Å². The maximum atomic E-state index is 11.8. The Morgan fingerprint density at radius 1 is 1.32 bits per heavy atom. The Bertz CT molecular complexity index is 625. The average molecular weight is 326 g/mol. The van der Waals surface area contributed by atoms with E-state index in [4.69, 9.17) is 0 Å². The standard InChI is InChI=1S/C14H22N4O3S/c1-10-8-11(2)17-14(16-10)15-6-3-4-13(19)18-12-5-7-22(20,21)9-12/h8,12H,3-7,9H2,1-2H3,(H,18,19)(H,15,16,17). The van der Waals surface area contributed by atoms with Crippen LogP contribution < -0.4 is 10.6 Å². The monoisotopic (exact) mass is 326 g/mol. The van der Waals surface area contributed by atoms with Gasteiger partial charge < -0.3 is 10.6 Å². The van der Waals surface area contributed by atoms with Gasteiger partial charge >= 0.3 is 0 Å². The Balaban J connectivity index is 1.67. The smallest absolute Gasteiger partial charge is 0.223 e. The molecule has 1 unspecified atom stereocenters. The lowest BCUT2D eigenvalue weighted by molar-refractivity contribution is -0.121. The summed E-state index contributed by atoms with van der Waals surface area (Å²) in [6, 6.07) is 1.67. The van der Waals surface area contributed by atoms with E-state index in [0.29, 0.717) is 31.8 Å². The molecule has 1 saturated heterocycles.